The molecule has 1 heterocycles. The van der Waals surface area contributed by atoms with Crippen LogP contribution < -0.4 is 5.32 Å². The zero-order chi connectivity index (χ0) is 7.40. The molecule has 0 saturated heterocycles. The van der Waals surface area contributed by atoms with Crippen LogP contribution in [0.1, 0.15) is 13.3 Å². The smallest absolute Gasteiger partial charge is 0.251 e. The van der Waals surface area contributed by atoms with Gasteiger partial charge in [0.1, 0.15) is 6.20 Å². The van der Waals surface area contributed by atoms with E-state index in [1.807, 2.05) is 0 Å². The van der Waals surface area contributed by atoms with Crippen molar-refractivity contribution in [1.29, 1.82) is 0 Å². The molecule has 0 bridgehead atoms. The van der Waals surface area contributed by atoms with E-state index in [1.54, 1.807) is 6.92 Å². The van der Waals surface area contributed by atoms with Crippen LogP contribution in [0.5, 0.6) is 0 Å². The molecule has 1 aromatic heterocycles. The number of hydrogen-bond donors (Lipinski definition) is 1. The van der Waals surface area contributed by atoms with Crippen LogP contribution in [0.3, 0.4) is 0 Å². The van der Waals surface area contributed by atoms with Gasteiger partial charge in [-0.1, -0.05) is 6.92 Å². The second-order valence-corrected chi connectivity index (χ2v) is 1.68. The van der Waals surface area contributed by atoms with E-state index in [0.717, 1.165) is 0 Å². The maximum absolute atomic E-state index is 10.7. The number of nitrogens with zero attached hydrogens (tertiary/aromatic N) is 2. The van der Waals surface area contributed by atoms with Gasteiger partial charge in [-0.25, -0.2) is 0 Å². The number of hydrogen-bond acceptors (Lipinski definition) is 4. The SMILES string of the molecule is CCC(=O)Nc1cnno1.Cl. The first-order valence-corrected chi connectivity index (χ1v) is 2.90. The molecule has 0 aromatic carbocycles. The molecule has 1 amide bonds. The Morgan fingerprint density at radius 1 is 1.82 bits per heavy atom. The van der Waals surface area contributed by atoms with Gasteiger partial charge in [0.25, 0.3) is 5.88 Å². The fraction of sp³-hybridized carbons (Fsp3) is 0.400. The molecule has 0 spiro atoms. The quantitative estimate of drug-likeness (QED) is 0.727. The maximum Gasteiger partial charge on any atom is 0.251 e. The third-order valence-corrected chi connectivity index (χ3v) is 0.945. The molecule has 0 fully saturated rings. The van der Waals surface area contributed by atoms with Crippen LogP contribution in [-0.2, 0) is 4.79 Å². The summed E-state index contributed by atoms with van der Waals surface area (Å²) in [5.41, 5.74) is 0. The summed E-state index contributed by atoms with van der Waals surface area (Å²) in [6, 6.07) is 0. The number of nitrogens with one attached hydrogen (secondary N) is 1. The van der Waals surface area contributed by atoms with Gasteiger partial charge >= 0.3 is 0 Å². The van der Waals surface area contributed by atoms with E-state index in [2.05, 4.69) is 20.2 Å². The molecule has 1 rings (SSSR count). The molecule has 1 aromatic rings. The highest BCUT2D eigenvalue weighted by Gasteiger charge is 2.00. The second kappa shape index (κ2) is 4.68. The average molecular weight is 178 g/mol. The van der Waals surface area contributed by atoms with E-state index >= 15 is 0 Å². The Kier molecular flexibility index (Phi) is 4.21. The summed E-state index contributed by atoms with van der Waals surface area (Å²) in [6.07, 6.45) is 1.76. The van der Waals surface area contributed by atoms with E-state index < -0.39 is 0 Å². The van der Waals surface area contributed by atoms with Crippen LogP contribution in [0.15, 0.2) is 10.7 Å². The fourth-order valence-electron chi connectivity index (χ4n) is 0.448. The summed E-state index contributed by atoms with van der Waals surface area (Å²) in [6.45, 7) is 1.75. The first-order chi connectivity index (χ1) is 4.83. The number of amides is 1. The Bertz CT molecular complexity index is 212. The van der Waals surface area contributed by atoms with Crippen molar-refractivity contribution < 1.29 is 9.32 Å². The highest BCUT2D eigenvalue weighted by atomic mass is 35.5. The van der Waals surface area contributed by atoms with Gasteiger partial charge in [0, 0.05) is 11.7 Å². The largest absolute Gasteiger partial charge is 0.319 e. The van der Waals surface area contributed by atoms with E-state index in [-0.39, 0.29) is 24.2 Å². The highest BCUT2D eigenvalue weighted by molar-refractivity contribution is 5.88. The van der Waals surface area contributed by atoms with Crippen molar-refractivity contribution in [2.24, 2.45) is 0 Å². The van der Waals surface area contributed by atoms with Crippen molar-refractivity contribution in [3.63, 3.8) is 0 Å². The summed E-state index contributed by atoms with van der Waals surface area (Å²) >= 11 is 0. The van der Waals surface area contributed by atoms with Gasteiger partial charge in [-0.3, -0.25) is 10.1 Å². The topological polar surface area (TPSA) is 68.0 Å². The standard InChI is InChI=1S/C5H7N3O2.ClH/c1-2-4(9)7-5-3-6-8-10-5;/h3H,2H2,1H3,(H,7,9);1H. The van der Waals surface area contributed by atoms with E-state index in [1.165, 1.54) is 6.20 Å². The molecule has 0 aliphatic carbocycles. The summed E-state index contributed by atoms with van der Waals surface area (Å²) < 4.78 is 4.51. The molecule has 5 nitrogen and oxygen atoms in total. The number of aromatic nitrogens is 2. The molecule has 0 aliphatic heterocycles. The van der Waals surface area contributed by atoms with Crippen molar-refractivity contribution in [2.75, 3.05) is 5.32 Å². The number of anilines is 1. The van der Waals surface area contributed by atoms with Gasteiger partial charge in [-0.2, -0.15) is 0 Å². The lowest BCUT2D eigenvalue weighted by Gasteiger charge is -1.93. The first kappa shape index (κ1) is 9.90. The molecular weight excluding hydrogens is 170 g/mol. The average Bonchev–Trinajstić information content (AvgIpc) is 2.40. The number of halogens is 1. The van der Waals surface area contributed by atoms with Crippen molar-refractivity contribution in [1.82, 2.24) is 10.4 Å². The van der Waals surface area contributed by atoms with E-state index in [4.69, 9.17) is 0 Å². The molecule has 0 saturated carbocycles. The van der Waals surface area contributed by atoms with Crippen LogP contribution >= 0.6 is 12.4 Å². The van der Waals surface area contributed by atoms with Crippen LogP contribution in [0.4, 0.5) is 5.88 Å². The lowest BCUT2D eigenvalue weighted by atomic mass is 10.4. The number of rotatable bonds is 2. The Morgan fingerprint density at radius 2 is 2.55 bits per heavy atom. The van der Waals surface area contributed by atoms with Gasteiger partial charge in [-0.05, 0) is 0 Å². The van der Waals surface area contributed by atoms with Gasteiger partial charge in [-0.15, -0.1) is 17.5 Å². The highest BCUT2D eigenvalue weighted by Crippen LogP contribution is 2.00. The van der Waals surface area contributed by atoms with Gasteiger partial charge in [0.15, 0.2) is 0 Å². The lowest BCUT2D eigenvalue weighted by Crippen LogP contribution is -2.08. The van der Waals surface area contributed by atoms with Crippen molar-refractivity contribution >= 4 is 24.2 Å². The minimum atomic E-state index is -0.112. The minimum Gasteiger partial charge on any atom is -0.319 e. The first-order valence-electron chi connectivity index (χ1n) is 2.90. The van der Waals surface area contributed by atoms with Crippen molar-refractivity contribution in [3.05, 3.63) is 6.20 Å². The van der Waals surface area contributed by atoms with E-state index in [9.17, 15) is 4.79 Å². The third kappa shape index (κ3) is 2.99. The van der Waals surface area contributed by atoms with Gasteiger partial charge in [0.05, 0.1) is 0 Å². The molecule has 0 radical (unpaired) electrons. The van der Waals surface area contributed by atoms with Gasteiger partial charge in [0.2, 0.25) is 5.91 Å². The molecule has 0 unspecified atom stereocenters. The zero-order valence-electron chi connectivity index (χ0n) is 5.90. The molecule has 62 valence electrons. The van der Waals surface area contributed by atoms with Crippen LogP contribution in [0.25, 0.3) is 0 Å². The van der Waals surface area contributed by atoms with Crippen molar-refractivity contribution in [3.8, 4) is 0 Å². The van der Waals surface area contributed by atoms with Gasteiger partial charge < -0.3 is 4.52 Å². The molecule has 1 N–H and O–H groups in total. The molecule has 11 heavy (non-hydrogen) atoms. The Morgan fingerprint density at radius 3 is 3.00 bits per heavy atom. The fourth-order valence-corrected chi connectivity index (χ4v) is 0.448. The van der Waals surface area contributed by atoms with Crippen LogP contribution in [0.2, 0.25) is 0 Å². The van der Waals surface area contributed by atoms with Crippen molar-refractivity contribution in [2.45, 2.75) is 13.3 Å². The minimum absolute atomic E-state index is 0. The third-order valence-electron chi connectivity index (χ3n) is 0.945. The molecule has 0 aliphatic rings. The maximum atomic E-state index is 10.7. The zero-order valence-corrected chi connectivity index (χ0v) is 6.72. The predicted molar refractivity (Wildman–Crippen MR) is 40.5 cm³/mol. The summed E-state index contributed by atoms with van der Waals surface area (Å²) in [4.78, 5) is 10.7. The Hall–Kier alpha value is -1.10. The summed E-state index contributed by atoms with van der Waals surface area (Å²) in [5, 5.41) is 8.99. The van der Waals surface area contributed by atoms with Crippen LogP contribution in [0, 0.1) is 0 Å². The number of carbonyl (C=O) groups is 1. The summed E-state index contributed by atoms with van der Waals surface area (Å²) in [7, 11) is 0. The normalized spacial score (nSPS) is 8.45. The summed E-state index contributed by atoms with van der Waals surface area (Å²) in [5.74, 6) is 0.172. The monoisotopic (exact) mass is 177 g/mol. The predicted octanol–water partition coefficient (Wildman–Crippen LogP) is 0.840. The lowest BCUT2D eigenvalue weighted by molar-refractivity contribution is -0.116. The molecule has 0 atom stereocenters. The van der Waals surface area contributed by atoms with E-state index in [0.29, 0.717) is 6.42 Å². The molecular formula is C5H8ClN3O2. The Labute approximate surface area is 69.5 Å². The Balaban J connectivity index is 0.000001000. The second-order valence-electron chi connectivity index (χ2n) is 1.68. The van der Waals surface area contributed by atoms with Crippen LogP contribution in [-0.4, -0.2) is 16.3 Å². The molecule has 6 heteroatoms. The number of carbonyl (C=O) groups excluding carboxylic acids is 1.